The summed E-state index contributed by atoms with van der Waals surface area (Å²) in [5.74, 6) is -0.0754. The Balaban J connectivity index is 1.70. The number of aryl methyl sites for hydroxylation is 1. The molecule has 0 bridgehead atoms. The van der Waals surface area contributed by atoms with E-state index in [9.17, 15) is 9.59 Å². The molecule has 2 amide bonds. The van der Waals surface area contributed by atoms with Gasteiger partial charge in [-0.3, -0.25) is 19.7 Å². The van der Waals surface area contributed by atoms with Gasteiger partial charge in [-0.15, -0.1) is 0 Å². The molecule has 7 nitrogen and oxygen atoms in total. The first kappa shape index (κ1) is 22.7. The lowest BCUT2D eigenvalue weighted by atomic mass is 9.73. The molecule has 1 aliphatic heterocycles. The second-order valence-corrected chi connectivity index (χ2v) is 9.22. The molecular formula is C26H31N5O2. The second-order valence-electron chi connectivity index (χ2n) is 9.22. The van der Waals surface area contributed by atoms with Crippen LogP contribution in [0.5, 0.6) is 0 Å². The van der Waals surface area contributed by atoms with Crippen LogP contribution in [0.4, 0.5) is 0 Å². The van der Waals surface area contributed by atoms with Crippen molar-refractivity contribution in [1.29, 1.82) is 0 Å². The van der Waals surface area contributed by atoms with Gasteiger partial charge in [-0.25, -0.2) is 0 Å². The summed E-state index contributed by atoms with van der Waals surface area (Å²) in [5, 5.41) is 9.98. The van der Waals surface area contributed by atoms with Crippen molar-refractivity contribution in [1.82, 2.24) is 25.4 Å². The van der Waals surface area contributed by atoms with E-state index in [1.807, 2.05) is 49.9 Å². The minimum Gasteiger partial charge on any atom is -0.353 e. The van der Waals surface area contributed by atoms with Crippen molar-refractivity contribution in [3.63, 3.8) is 0 Å². The van der Waals surface area contributed by atoms with E-state index < -0.39 is 5.41 Å². The average molecular weight is 446 g/mol. The number of nitrogens with one attached hydrogen (secondary N) is 2. The SMILES string of the molecule is Cc1[nH]ncc1C(=O)N1CCC[C@](Cc2ccccc2-c2ccncc2)(C(=O)NC(C)C)C1. The van der Waals surface area contributed by atoms with E-state index in [1.165, 1.54) is 0 Å². The molecule has 2 aromatic heterocycles. The summed E-state index contributed by atoms with van der Waals surface area (Å²) in [7, 11) is 0. The average Bonchev–Trinajstić information content (AvgIpc) is 3.25. The molecule has 3 heterocycles. The van der Waals surface area contributed by atoms with Gasteiger partial charge in [0.05, 0.1) is 17.2 Å². The molecule has 0 unspecified atom stereocenters. The molecule has 0 radical (unpaired) electrons. The fourth-order valence-corrected chi connectivity index (χ4v) is 4.72. The van der Waals surface area contributed by atoms with Crippen LogP contribution in [-0.4, -0.2) is 51.0 Å². The van der Waals surface area contributed by atoms with Crippen molar-refractivity contribution in [3.05, 3.63) is 71.8 Å². The summed E-state index contributed by atoms with van der Waals surface area (Å²) in [6.07, 6.45) is 7.18. The van der Waals surface area contributed by atoms with Gasteiger partial charge in [0.15, 0.2) is 0 Å². The molecule has 1 aromatic carbocycles. The molecule has 1 aliphatic rings. The van der Waals surface area contributed by atoms with Gasteiger partial charge in [0, 0.05) is 37.2 Å². The molecule has 2 N–H and O–H groups in total. The maximum atomic E-state index is 13.6. The molecular weight excluding hydrogens is 414 g/mol. The Kier molecular flexibility index (Phi) is 6.58. The van der Waals surface area contributed by atoms with Crippen molar-refractivity contribution < 1.29 is 9.59 Å². The summed E-state index contributed by atoms with van der Waals surface area (Å²) in [4.78, 5) is 32.9. The van der Waals surface area contributed by atoms with Gasteiger partial charge in [-0.2, -0.15) is 5.10 Å². The van der Waals surface area contributed by atoms with E-state index in [2.05, 4.69) is 32.6 Å². The van der Waals surface area contributed by atoms with Crippen molar-refractivity contribution >= 4 is 11.8 Å². The fraction of sp³-hybridized carbons (Fsp3) is 0.385. The van der Waals surface area contributed by atoms with Gasteiger partial charge in [0.1, 0.15) is 0 Å². The number of piperidine rings is 1. The summed E-state index contributed by atoms with van der Waals surface area (Å²) >= 11 is 0. The maximum absolute atomic E-state index is 13.6. The van der Waals surface area contributed by atoms with E-state index >= 15 is 0 Å². The number of carbonyl (C=O) groups excluding carboxylic acids is 2. The molecule has 33 heavy (non-hydrogen) atoms. The number of likely N-dealkylation sites (tertiary alicyclic amines) is 1. The lowest BCUT2D eigenvalue weighted by Crippen LogP contribution is -2.55. The molecule has 4 rings (SSSR count). The van der Waals surface area contributed by atoms with E-state index in [4.69, 9.17) is 0 Å². The van der Waals surface area contributed by atoms with Gasteiger partial charge >= 0.3 is 0 Å². The van der Waals surface area contributed by atoms with Crippen molar-refractivity contribution in [2.75, 3.05) is 13.1 Å². The molecule has 172 valence electrons. The first-order valence-electron chi connectivity index (χ1n) is 11.5. The second kappa shape index (κ2) is 9.57. The van der Waals surface area contributed by atoms with E-state index in [0.29, 0.717) is 25.1 Å². The highest BCUT2D eigenvalue weighted by molar-refractivity contribution is 5.96. The molecule has 0 spiro atoms. The van der Waals surface area contributed by atoms with Crippen LogP contribution in [0.2, 0.25) is 0 Å². The first-order valence-corrected chi connectivity index (χ1v) is 11.5. The number of rotatable bonds is 6. The third-order valence-corrected chi connectivity index (χ3v) is 6.36. The monoisotopic (exact) mass is 445 g/mol. The number of pyridine rings is 1. The Morgan fingerprint density at radius 2 is 1.94 bits per heavy atom. The molecule has 3 aromatic rings. The van der Waals surface area contributed by atoms with Crippen LogP contribution in [0.25, 0.3) is 11.1 Å². The van der Waals surface area contributed by atoms with Crippen LogP contribution in [-0.2, 0) is 11.2 Å². The third-order valence-electron chi connectivity index (χ3n) is 6.36. The summed E-state index contributed by atoms with van der Waals surface area (Å²) < 4.78 is 0. The zero-order valence-electron chi connectivity index (χ0n) is 19.5. The number of nitrogens with zero attached hydrogens (tertiary/aromatic N) is 3. The van der Waals surface area contributed by atoms with Gasteiger partial charge in [0.25, 0.3) is 5.91 Å². The van der Waals surface area contributed by atoms with Gasteiger partial charge < -0.3 is 10.2 Å². The Morgan fingerprint density at radius 1 is 1.18 bits per heavy atom. The van der Waals surface area contributed by atoms with Crippen LogP contribution < -0.4 is 5.32 Å². The van der Waals surface area contributed by atoms with Crippen molar-refractivity contribution in [3.8, 4) is 11.1 Å². The van der Waals surface area contributed by atoms with Crippen molar-refractivity contribution in [2.45, 2.75) is 46.1 Å². The topological polar surface area (TPSA) is 91.0 Å². The van der Waals surface area contributed by atoms with Crippen LogP contribution in [0.1, 0.15) is 48.3 Å². The van der Waals surface area contributed by atoms with Gasteiger partial charge in [-0.1, -0.05) is 24.3 Å². The standard InChI is InChI=1S/C26H31N5O2/c1-18(2)29-25(33)26(11-6-14-31(17-26)24(32)23-16-28-30-19(23)3)15-21-7-4-5-8-22(21)20-9-12-27-13-10-20/h4-5,7-10,12-13,16,18H,6,11,14-15,17H2,1-3H3,(H,28,30)(H,29,33)/t26-/m1/s1. The van der Waals surface area contributed by atoms with Crippen LogP contribution in [0, 0.1) is 12.3 Å². The Labute approximate surface area is 194 Å². The summed E-state index contributed by atoms with van der Waals surface area (Å²) in [6, 6.07) is 12.2. The zero-order chi connectivity index (χ0) is 23.4. The predicted octanol–water partition coefficient (Wildman–Crippen LogP) is 3.77. The van der Waals surface area contributed by atoms with Crippen LogP contribution in [0.3, 0.4) is 0 Å². The van der Waals surface area contributed by atoms with E-state index in [-0.39, 0.29) is 17.9 Å². The number of aromatic amines is 1. The smallest absolute Gasteiger partial charge is 0.257 e. The lowest BCUT2D eigenvalue weighted by Gasteiger charge is -2.42. The highest BCUT2D eigenvalue weighted by Crippen LogP contribution is 2.37. The number of aromatic nitrogens is 3. The molecule has 7 heteroatoms. The third kappa shape index (κ3) is 4.82. The highest BCUT2D eigenvalue weighted by Gasteiger charge is 2.44. The number of H-pyrrole nitrogens is 1. The minimum atomic E-state index is -0.709. The predicted molar refractivity (Wildman–Crippen MR) is 128 cm³/mol. The molecule has 1 atom stereocenters. The first-order chi connectivity index (χ1) is 15.9. The number of benzene rings is 1. The van der Waals surface area contributed by atoms with Gasteiger partial charge in [-0.05, 0) is 68.9 Å². The number of amides is 2. The van der Waals surface area contributed by atoms with Gasteiger partial charge in [0.2, 0.25) is 5.91 Å². The highest BCUT2D eigenvalue weighted by atomic mass is 16.2. The zero-order valence-corrected chi connectivity index (χ0v) is 19.5. The molecule has 1 saturated heterocycles. The summed E-state index contributed by atoms with van der Waals surface area (Å²) in [5.41, 5.74) is 3.84. The Bertz CT molecular complexity index is 1120. The molecule has 0 saturated carbocycles. The van der Waals surface area contributed by atoms with Crippen molar-refractivity contribution in [2.24, 2.45) is 5.41 Å². The number of hydrogen-bond donors (Lipinski definition) is 2. The Hall–Kier alpha value is -3.48. The Morgan fingerprint density at radius 3 is 2.64 bits per heavy atom. The lowest BCUT2D eigenvalue weighted by molar-refractivity contribution is -0.134. The maximum Gasteiger partial charge on any atom is 0.257 e. The minimum absolute atomic E-state index is 0.00319. The fourth-order valence-electron chi connectivity index (χ4n) is 4.72. The molecule has 1 fully saturated rings. The van der Waals surface area contributed by atoms with E-state index in [0.717, 1.165) is 35.2 Å². The quantitative estimate of drug-likeness (QED) is 0.604. The summed E-state index contributed by atoms with van der Waals surface area (Å²) in [6.45, 7) is 6.79. The van der Waals surface area contributed by atoms with E-state index in [1.54, 1.807) is 18.6 Å². The normalized spacial score (nSPS) is 18.4. The number of hydrogen-bond acceptors (Lipinski definition) is 4. The molecule has 0 aliphatic carbocycles. The largest absolute Gasteiger partial charge is 0.353 e. The van der Waals surface area contributed by atoms with Crippen LogP contribution in [0.15, 0.2) is 55.0 Å². The number of carbonyl (C=O) groups is 2. The van der Waals surface area contributed by atoms with Crippen LogP contribution >= 0.6 is 0 Å².